The van der Waals surface area contributed by atoms with Crippen molar-refractivity contribution in [2.75, 3.05) is 33.4 Å². The highest BCUT2D eigenvalue weighted by Gasteiger charge is 2.24. The summed E-state index contributed by atoms with van der Waals surface area (Å²) in [5.74, 6) is 1.18. The van der Waals surface area contributed by atoms with E-state index in [0.717, 1.165) is 18.6 Å². The summed E-state index contributed by atoms with van der Waals surface area (Å²) in [5, 5.41) is 0. The molecule has 1 saturated heterocycles. The lowest BCUT2D eigenvalue weighted by atomic mass is 9.99. The number of benzene rings is 1. The number of aryl methyl sites for hydroxylation is 1. The third kappa shape index (κ3) is 4.23. The lowest BCUT2D eigenvalue weighted by Crippen LogP contribution is -2.38. The second-order valence-corrected chi connectivity index (χ2v) is 5.31. The van der Waals surface area contributed by atoms with Crippen LogP contribution in [0.4, 0.5) is 0 Å². The predicted octanol–water partition coefficient (Wildman–Crippen LogP) is 2.26. The van der Waals surface area contributed by atoms with Crippen molar-refractivity contribution in [3.8, 4) is 5.75 Å². The summed E-state index contributed by atoms with van der Waals surface area (Å²) < 4.78 is 10.9. The van der Waals surface area contributed by atoms with Gasteiger partial charge >= 0.3 is 0 Å². The van der Waals surface area contributed by atoms with Gasteiger partial charge in [0.15, 0.2) is 0 Å². The number of carbonyl (C=O) groups excluding carboxylic acids is 1. The van der Waals surface area contributed by atoms with Crippen molar-refractivity contribution < 1.29 is 14.3 Å². The maximum atomic E-state index is 12.2. The van der Waals surface area contributed by atoms with Crippen LogP contribution in [0.1, 0.15) is 18.4 Å². The van der Waals surface area contributed by atoms with Gasteiger partial charge in [-0.2, -0.15) is 0 Å². The summed E-state index contributed by atoms with van der Waals surface area (Å²) >= 11 is 0. The summed E-state index contributed by atoms with van der Waals surface area (Å²) in [5.41, 5.74) is 1.21. The second-order valence-electron chi connectivity index (χ2n) is 5.31. The minimum absolute atomic E-state index is 0.119. The Bertz CT molecular complexity index is 424. The van der Waals surface area contributed by atoms with Gasteiger partial charge in [0.25, 0.3) is 0 Å². The third-order valence-electron chi connectivity index (χ3n) is 3.66. The molecule has 0 bridgehead atoms. The first kappa shape index (κ1) is 14.9. The molecule has 0 unspecified atom stereocenters. The Morgan fingerprint density at radius 2 is 1.95 bits per heavy atom. The summed E-state index contributed by atoms with van der Waals surface area (Å²) in [7, 11) is 1.84. The Labute approximate surface area is 120 Å². The van der Waals surface area contributed by atoms with Crippen molar-refractivity contribution in [2.45, 2.75) is 19.8 Å². The standard InChI is InChI=1S/C16H23NO3/c1-13-3-5-15(6-4-13)20-12-9-17(2)16(18)14-7-10-19-11-8-14/h3-6,14H,7-12H2,1-2H3. The summed E-state index contributed by atoms with van der Waals surface area (Å²) in [6, 6.07) is 7.95. The molecular formula is C16H23NO3. The molecule has 0 N–H and O–H groups in total. The average molecular weight is 277 g/mol. The van der Waals surface area contributed by atoms with E-state index in [-0.39, 0.29) is 11.8 Å². The van der Waals surface area contributed by atoms with E-state index in [1.165, 1.54) is 5.56 Å². The van der Waals surface area contributed by atoms with Crippen LogP contribution >= 0.6 is 0 Å². The van der Waals surface area contributed by atoms with E-state index >= 15 is 0 Å². The molecule has 0 aliphatic carbocycles. The topological polar surface area (TPSA) is 38.8 Å². The van der Waals surface area contributed by atoms with Gasteiger partial charge in [-0.25, -0.2) is 0 Å². The van der Waals surface area contributed by atoms with Gasteiger partial charge in [-0.15, -0.1) is 0 Å². The van der Waals surface area contributed by atoms with Crippen LogP contribution in [0.3, 0.4) is 0 Å². The smallest absolute Gasteiger partial charge is 0.225 e. The normalized spacial score (nSPS) is 15.9. The number of likely N-dealkylation sites (N-methyl/N-ethyl adjacent to an activating group) is 1. The van der Waals surface area contributed by atoms with Crippen molar-refractivity contribution in [1.29, 1.82) is 0 Å². The van der Waals surface area contributed by atoms with E-state index in [4.69, 9.17) is 9.47 Å². The highest BCUT2D eigenvalue weighted by molar-refractivity contribution is 5.78. The summed E-state index contributed by atoms with van der Waals surface area (Å²) in [6.07, 6.45) is 1.67. The lowest BCUT2D eigenvalue weighted by Gasteiger charge is -2.26. The van der Waals surface area contributed by atoms with E-state index < -0.39 is 0 Å². The van der Waals surface area contributed by atoms with Crippen molar-refractivity contribution in [1.82, 2.24) is 4.90 Å². The maximum Gasteiger partial charge on any atom is 0.225 e. The predicted molar refractivity (Wildman–Crippen MR) is 77.9 cm³/mol. The highest BCUT2D eigenvalue weighted by atomic mass is 16.5. The van der Waals surface area contributed by atoms with Crippen molar-refractivity contribution in [3.63, 3.8) is 0 Å². The van der Waals surface area contributed by atoms with Crippen LogP contribution in [-0.2, 0) is 9.53 Å². The molecule has 1 aromatic rings. The zero-order valence-corrected chi connectivity index (χ0v) is 12.3. The Kier molecular flexibility index (Phi) is 5.41. The first-order valence-corrected chi connectivity index (χ1v) is 7.19. The fourth-order valence-corrected chi connectivity index (χ4v) is 2.30. The fourth-order valence-electron chi connectivity index (χ4n) is 2.30. The van der Waals surface area contributed by atoms with Gasteiger partial charge in [-0.1, -0.05) is 17.7 Å². The number of hydrogen-bond acceptors (Lipinski definition) is 3. The Morgan fingerprint density at radius 3 is 2.60 bits per heavy atom. The molecule has 1 heterocycles. The minimum atomic E-state index is 0.119. The highest BCUT2D eigenvalue weighted by Crippen LogP contribution is 2.17. The molecule has 110 valence electrons. The molecule has 1 aliphatic rings. The Balaban J connectivity index is 1.72. The van der Waals surface area contributed by atoms with Crippen LogP contribution in [0.25, 0.3) is 0 Å². The quantitative estimate of drug-likeness (QED) is 0.828. The zero-order chi connectivity index (χ0) is 14.4. The fraction of sp³-hybridized carbons (Fsp3) is 0.562. The molecule has 2 rings (SSSR count). The molecule has 0 spiro atoms. The van der Waals surface area contributed by atoms with E-state index in [2.05, 4.69) is 0 Å². The summed E-state index contributed by atoms with van der Waals surface area (Å²) in [6.45, 7) is 4.58. The number of carbonyl (C=O) groups is 1. The van der Waals surface area contributed by atoms with Gasteiger partial charge in [-0.3, -0.25) is 4.79 Å². The second kappa shape index (κ2) is 7.29. The number of ether oxygens (including phenoxy) is 2. The monoisotopic (exact) mass is 277 g/mol. The zero-order valence-electron chi connectivity index (χ0n) is 12.3. The largest absolute Gasteiger partial charge is 0.492 e. The van der Waals surface area contributed by atoms with Gasteiger partial charge < -0.3 is 14.4 Å². The van der Waals surface area contributed by atoms with Crippen LogP contribution in [0.15, 0.2) is 24.3 Å². The van der Waals surface area contributed by atoms with Crippen molar-refractivity contribution >= 4 is 5.91 Å². The Hall–Kier alpha value is -1.55. The number of amides is 1. The molecule has 0 atom stereocenters. The van der Waals surface area contributed by atoms with Crippen LogP contribution in [0.2, 0.25) is 0 Å². The van der Waals surface area contributed by atoms with Crippen LogP contribution < -0.4 is 4.74 Å². The Morgan fingerprint density at radius 1 is 1.30 bits per heavy atom. The molecule has 4 heteroatoms. The molecule has 0 aromatic heterocycles. The number of rotatable bonds is 5. The van der Waals surface area contributed by atoms with E-state index in [9.17, 15) is 4.79 Å². The van der Waals surface area contributed by atoms with E-state index in [1.54, 1.807) is 4.90 Å². The third-order valence-corrected chi connectivity index (χ3v) is 3.66. The molecule has 0 radical (unpaired) electrons. The van der Waals surface area contributed by atoms with E-state index in [1.807, 2.05) is 38.2 Å². The molecule has 4 nitrogen and oxygen atoms in total. The van der Waals surface area contributed by atoms with Crippen LogP contribution in [0, 0.1) is 12.8 Å². The molecular weight excluding hydrogens is 254 g/mol. The maximum absolute atomic E-state index is 12.2. The van der Waals surface area contributed by atoms with Gasteiger partial charge in [0.1, 0.15) is 12.4 Å². The van der Waals surface area contributed by atoms with Crippen LogP contribution in [-0.4, -0.2) is 44.2 Å². The van der Waals surface area contributed by atoms with Crippen LogP contribution in [0.5, 0.6) is 5.75 Å². The molecule has 1 aliphatic heterocycles. The number of nitrogens with zero attached hydrogens (tertiary/aromatic N) is 1. The van der Waals surface area contributed by atoms with Gasteiger partial charge in [0.05, 0.1) is 6.54 Å². The van der Waals surface area contributed by atoms with Crippen molar-refractivity contribution in [3.05, 3.63) is 29.8 Å². The molecule has 1 amide bonds. The molecule has 20 heavy (non-hydrogen) atoms. The van der Waals surface area contributed by atoms with Crippen molar-refractivity contribution in [2.24, 2.45) is 5.92 Å². The first-order chi connectivity index (χ1) is 9.66. The van der Waals surface area contributed by atoms with Gasteiger partial charge in [0, 0.05) is 26.2 Å². The first-order valence-electron chi connectivity index (χ1n) is 7.19. The van der Waals surface area contributed by atoms with Gasteiger partial charge in [-0.05, 0) is 31.9 Å². The minimum Gasteiger partial charge on any atom is -0.492 e. The SMILES string of the molecule is Cc1ccc(OCCN(C)C(=O)C2CCOCC2)cc1. The molecule has 1 aromatic carbocycles. The van der Waals surface area contributed by atoms with E-state index in [0.29, 0.717) is 26.4 Å². The van der Waals surface area contributed by atoms with Gasteiger partial charge in [0.2, 0.25) is 5.91 Å². The lowest BCUT2D eigenvalue weighted by molar-refractivity contribution is -0.137. The molecule has 0 saturated carbocycles. The molecule has 1 fully saturated rings. The number of hydrogen-bond donors (Lipinski definition) is 0. The summed E-state index contributed by atoms with van der Waals surface area (Å²) in [4.78, 5) is 14.0. The average Bonchev–Trinajstić information content (AvgIpc) is 2.49.